The number of hydrogen-bond donors (Lipinski definition) is 3. The summed E-state index contributed by atoms with van der Waals surface area (Å²) in [5.74, 6) is 0.877. The Morgan fingerprint density at radius 2 is 1.89 bits per heavy atom. The number of nitrogens with zero attached hydrogens (tertiary/aromatic N) is 1. The van der Waals surface area contributed by atoms with Crippen molar-refractivity contribution >= 4 is 5.69 Å². The highest BCUT2D eigenvalue weighted by Crippen LogP contribution is 2.22. The van der Waals surface area contributed by atoms with Crippen LogP contribution in [0.4, 0.5) is 5.69 Å². The second-order valence-corrected chi connectivity index (χ2v) is 4.06. The molecule has 4 nitrogen and oxygen atoms in total. The molecule has 3 rings (SSSR count). The van der Waals surface area contributed by atoms with Crippen LogP contribution in [0.3, 0.4) is 0 Å². The van der Waals surface area contributed by atoms with Crippen LogP contribution in [-0.4, -0.2) is 22.0 Å². The van der Waals surface area contributed by atoms with Crippen molar-refractivity contribution in [2.24, 2.45) is 0 Å². The monoisotopic (exact) mass is 238 g/mol. The number of H-pyrrole nitrogens is 2. The van der Waals surface area contributed by atoms with Crippen LogP contribution in [0.15, 0.2) is 48.8 Å². The number of nitrogens with one attached hydrogen (secondary N) is 3. The Labute approximate surface area is 105 Å². The highest BCUT2D eigenvalue weighted by Gasteiger charge is 2.05. The Morgan fingerprint density at radius 3 is 2.56 bits per heavy atom. The number of anilines is 1. The molecule has 2 aromatic heterocycles. The Hall–Kier alpha value is -2.49. The second kappa shape index (κ2) is 4.41. The molecule has 0 aliphatic rings. The lowest BCUT2D eigenvalue weighted by Gasteiger charge is -2.01. The molecule has 4 heteroatoms. The van der Waals surface area contributed by atoms with E-state index in [2.05, 4.69) is 20.3 Å². The first-order chi connectivity index (χ1) is 8.86. The largest absolute Gasteiger partial charge is 0.388 e. The van der Waals surface area contributed by atoms with Crippen molar-refractivity contribution < 1.29 is 0 Å². The number of aromatic amines is 2. The summed E-state index contributed by atoms with van der Waals surface area (Å²) in [6, 6.07) is 12.1. The van der Waals surface area contributed by atoms with Crippen molar-refractivity contribution in [1.82, 2.24) is 15.0 Å². The molecule has 0 radical (unpaired) electrons. The average Bonchev–Trinajstić information content (AvgIpc) is 3.09. The predicted octanol–water partition coefficient (Wildman–Crippen LogP) is 3.11. The molecule has 3 N–H and O–H groups in total. The van der Waals surface area contributed by atoms with E-state index < -0.39 is 0 Å². The van der Waals surface area contributed by atoms with Gasteiger partial charge in [0.25, 0.3) is 0 Å². The number of imidazole rings is 1. The molecule has 0 saturated heterocycles. The molecule has 1 aromatic carbocycles. The van der Waals surface area contributed by atoms with Crippen LogP contribution in [0, 0.1) is 0 Å². The molecule has 0 bridgehead atoms. The SMILES string of the molecule is CNc1ccc(-c2ncc(-c3ccc[nH]3)[nH]2)cc1. The molecule has 0 unspecified atom stereocenters. The molecule has 0 fully saturated rings. The van der Waals surface area contributed by atoms with Gasteiger partial charge in [-0.1, -0.05) is 0 Å². The Morgan fingerprint density at radius 1 is 1.06 bits per heavy atom. The Bertz CT molecular complexity index is 620. The van der Waals surface area contributed by atoms with Crippen LogP contribution in [0.5, 0.6) is 0 Å². The fourth-order valence-electron chi connectivity index (χ4n) is 1.90. The van der Waals surface area contributed by atoms with Crippen molar-refractivity contribution in [2.75, 3.05) is 12.4 Å². The van der Waals surface area contributed by atoms with Gasteiger partial charge in [0.15, 0.2) is 0 Å². The van der Waals surface area contributed by atoms with E-state index in [1.807, 2.05) is 55.8 Å². The minimum atomic E-state index is 0.877. The smallest absolute Gasteiger partial charge is 0.137 e. The highest BCUT2D eigenvalue weighted by molar-refractivity contribution is 5.64. The summed E-state index contributed by atoms with van der Waals surface area (Å²) < 4.78 is 0. The lowest BCUT2D eigenvalue weighted by atomic mass is 10.2. The van der Waals surface area contributed by atoms with Crippen molar-refractivity contribution in [2.45, 2.75) is 0 Å². The average molecular weight is 238 g/mol. The number of hydrogen-bond acceptors (Lipinski definition) is 2. The summed E-state index contributed by atoms with van der Waals surface area (Å²) in [7, 11) is 1.91. The van der Waals surface area contributed by atoms with Gasteiger partial charge in [-0.2, -0.15) is 0 Å². The normalized spacial score (nSPS) is 10.5. The quantitative estimate of drug-likeness (QED) is 0.656. The zero-order valence-electron chi connectivity index (χ0n) is 10.1. The van der Waals surface area contributed by atoms with Gasteiger partial charge in [0.2, 0.25) is 0 Å². The van der Waals surface area contributed by atoms with Crippen molar-refractivity contribution in [3.05, 3.63) is 48.8 Å². The molecule has 0 spiro atoms. The van der Waals surface area contributed by atoms with Gasteiger partial charge in [-0.25, -0.2) is 4.98 Å². The molecule has 0 aliphatic carbocycles. The molecule has 3 aromatic rings. The fourth-order valence-corrected chi connectivity index (χ4v) is 1.90. The molecule has 18 heavy (non-hydrogen) atoms. The van der Waals surface area contributed by atoms with E-state index in [4.69, 9.17) is 0 Å². The lowest BCUT2D eigenvalue weighted by Crippen LogP contribution is -1.87. The maximum absolute atomic E-state index is 4.40. The first kappa shape index (κ1) is 10.7. The summed E-state index contributed by atoms with van der Waals surface area (Å²) >= 11 is 0. The van der Waals surface area contributed by atoms with Crippen molar-refractivity contribution in [3.8, 4) is 22.8 Å². The molecule has 0 atom stereocenters. The van der Waals surface area contributed by atoms with E-state index in [0.717, 1.165) is 28.5 Å². The van der Waals surface area contributed by atoms with Gasteiger partial charge in [-0.3, -0.25) is 0 Å². The van der Waals surface area contributed by atoms with E-state index in [0.29, 0.717) is 0 Å². The van der Waals surface area contributed by atoms with E-state index in [-0.39, 0.29) is 0 Å². The number of aromatic nitrogens is 3. The fraction of sp³-hybridized carbons (Fsp3) is 0.0714. The summed E-state index contributed by atoms with van der Waals surface area (Å²) in [4.78, 5) is 10.9. The third kappa shape index (κ3) is 1.88. The lowest BCUT2D eigenvalue weighted by molar-refractivity contribution is 1.29. The van der Waals surface area contributed by atoms with Gasteiger partial charge >= 0.3 is 0 Å². The van der Waals surface area contributed by atoms with Crippen molar-refractivity contribution in [1.29, 1.82) is 0 Å². The van der Waals surface area contributed by atoms with E-state index in [1.165, 1.54) is 0 Å². The van der Waals surface area contributed by atoms with Gasteiger partial charge in [-0.15, -0.1) is 0 Å². The Balaban J connectivity index is 1.92. The van der Waals surface area contributed by atoms with Crippen LogP contribution in [0.25, 0.3) is 22.8 Å². The minimum absolute atomic E-state index is 0.877. The van der Waals surface area contributed by atoms with Gasteiger partial charge in [0.05, 0.1) is 17.6 Å². The van der Waals surface area contributed by atoms with Crippen LogP contribution in [0.1, 0.15) is 0 Å². The molecule has 90 valence electrons. The number of rotatable bonds is 3. The number of benzene rings is 1. The third-order valence-electron chi connectivity index (χ3n) is 2.91. The molecule has 0 amide bonds. The van der Waals surface area contributed by atoms with Crippen LogP contribution in [-0.2, 0) is 0 Å². The standard InChI is InChI=1S/C14H14N4/c1-15-11-6-4-10(5-7-11)14-17-9-13(18-14)12-3-2-8-16-12/h2-9,15-16H,1H3,(H,17,18). The zero-order chi connectivity index (χ0) is 12.4. The van der Waals surface area contributed by atoms with Crippen LogP contribution in [0.2, 0.25) is 0 Å². The van der Waals surface area contributed by atoms with Gasteiger partial charge < -0.3 is 15.3 Å². The topological polar surface area (TPSA) is 56.5 Å². The van der Waals surface area contributed by atoms with E-state index in [1.54, 1.807) is 0 Å². The highest BCUT2D eigenvalue weighted by atomic mass is 14.9. The summed E-state index contributed by atoms with van der Waals surface area (Å²) in [5, 5.41) is 3.10. The van der Waals surface area contributed by atoms with Gasteiger partial charge in [0.1, 0.15) is 5.82 Å². The van der Waals surface area contributed by atoms with Crippen molar-refractivity contribution in [3.63, 3.8) is 0 Å². The van der Waals surface area contributed by atoms with Gasteiger partial charge in [0, 0.05) is 24.5 Å². The molecular formula is C14H14N4. The first-order valence-electron chi connectivity index (χ1n) is 5.84. The first-order valence-corrected chi connectivity index (χ1v) is 5.84. The third-order valence-corrected chi connectivity index (χ3v) is 2.91. The van der Waals surface area contributed by atoms with E-state index in [9.17, 15) is 0 Å². The molecule has 0 saturated carbocycles. The zero-order valence-corrected chi connectivity index (χ0v) is 10.1. The van der Waals surface area contributed by atoms with Gasteiger partial charge in [-0.05, 0) is 36.4 Å². The summed E-state index contributed by atoms with van der Waals surface area (Å²) in [6.07, 6.45) is 3.74. The Kier molecular flexibility index (Phi) is 2.61. The molecule has 0 aliphatic heterocycles. The predicted molar refractivity (Wildman–Crippen MR) is 73.4 cm³/mol. The molecular weight excluding hydrogens is 224 g/mol. The van der Waals surface area contributed by atoms with Crippen LogP contribution >= 0.6 is 0 Å². The van der Waals surface area contributed by atoms with Crippen LogP contribution < -0.4 is 5.32 Å². The minimum Gasteiger partial charge on any atom is -0.388 e. The van der Waals surface area contributed by atoms with E-state index >= 15 is 0 Å². The molecule has 2 heterocycles. The second-order valence-electron chi connectivity index (χ2n) is 4.06. The summed E-state index contributed by atoms with van der Waals surface area (Å²) in [6.45, 7) is 0. The maximum Gasteiger partial charge on any atom is 0.137 e. The maximum atomic E-state index is 4.40. The summed E-state index contributed by atoms with van der Waals surface area (Å²) in [5.41, 5.74) is 4.20.